The summed E-state index contributed by atoms with van der Waals surface area (Å²) in [5, 5.41) is 3.54. The first kappa shape index (κ1) is 16.5. The van der Waals surface area contributed by atoms with E-state index in [1.54, 1.807) is 7.11 Å². The van der Waals surface area contributed by atoms with Gasteiger partial charge in [-0.05, 0) is 48.7 Å². The topological polar surface area (TPSA) is 41.6 Å². The highest BCUT2D eigenvalue weighted by Crippen LogP contribution is 2.25. The van der Waals surface area contributed by atoms with Crippen molar-refractivity contribution in [2.24, 2.45) is 0 Å². The smallest absolute Gasteiger partial charge is 0.227 e. The van der Waals surface area contributed by atoms with Crippen molar-refractivity contribution in [2.45, 2.75) is 32.4 Å². The summed E-state index contributed by atoms with van der Waals surface area (Å²) >= 11 is 0. The fourth-order valence-electron chi connectivity index (χ4n) is 3.02. The molecule has 1 N–H and O–H groups in total. The lowest BCUT2D eigenvalue weighted by molar-refractivity contribution is -0.117. The second-order valence-electron chi connectivity index (χ2n) is 6.19. The van der Waals surface area contributed by atoms with Crippen LogP contribution >= 0.6 is 0 Å². The van der Waals surface area contributed by atoms with E-state index in [2.05, 4.69) is 36.5 Å². The Bertz CT molecular complexity index is 697. The molecule has 3 rings (SSSR count). The van der Waals surface area contributed by atoms with Gasteiger partial charge in [0.15, 0.2) is 0 Å². The average Bonchev–Trinajstić information content (AvgIpc) is 3.06. The first-order valence-electron chi connectivity index (χ1n) is 8.44. The van der Waals surface area contributed by atoms with E-state index in [4.69, 9.17) is 4.74 Å². The van der Waals surface area contributed by atoms with Crippen LogP contribution in [0.4, 0.5) is 5.69 Å². The van der Waals surface area contributed by atoms with Crippen molar-refractivity contribution in [2.75, 3.05) is 18.6 Å². The average molecular weight is 324 g/mol. The number of amides is 1. The molecule has 2 aromatic rings. The zero-order valence-electron chi connectivity index (χ0n) is 14.3. The summed E-state index contributed by atoms with van der Waals surface area (Å²) in [5.41, 5.74) is 3.42. The molecule has 2 aromatic carbocycles. The molecule has 4 nitrogen and oxygen atoms in total. The molecule has 1 amide bonds. The maximum absolute atomic E-state index is 11.9. The number of methoxy groups -OCH3 is 1. The van der Waals surface area contributed by atoms with Crippen LogP contribution in [-0.2, 0) is 11.3 Å². The van der Waals surface area contributed by atoms with Crippen LogP contribution in [0.25, 0.3) is 0 Å². The van der Waals surface area contributed by atoms with Gasteiger partial charge in [-0.25, -0.2) is 0 Å². The summed E-state index contributed by atoms with van der Waals surface area (Å²) in [6.45, 7) is 3.77. The van der Waals surface area contributed by atoms with E-state index in [0.717, 1.165) is 30.9 Å². The Morgan fingerprint density at radius 3 is 2.67 bits per heavy atom. The molecule has 0 spiro atoms. The van der Waals surface area contributed by atoms with Gasteiger partial charge < -0.3 is 15.0 Å². The van der Waals surface area contributed by atoms with Crippen LogP contribution in [-0.4, -0.2) is 19.6 Å². The van der Waals surface area contributed by atoms with E-state index < -0.39 is 0 Å². The van der Waals surface area contributed by atoms with E-state index >= 15 is 0 Å². The van der Waals surface area contributed by atoms with Gasteiger partial charge >= 0.3 is 0 Å². The standard InChI is InChI=1S/C20H24N2O2/c1-15(21-14-16-8-10-19(24-2)11-9-16)17-5-3-6-18(13-17)22-12-4-7-20(22)23/h3,5-6,8-11,13,15,21H,4,7,12,14H2,1-2H3/t15-/m1/s1. The predicted octanol–water partition coefficient (Wildman–Crippen LogP) is 3.67. The molecule has 0 aliphatic carbocycles. The normalized spacial score (nSPS) is 15.6. The largest absolute Gasteiger partial charge is 0.497 e. The van der Waals surface area contributed by atoms with E-state index in [0.29, 0.717) is 6.42 Å². The van der Waals surface area contributed by atoms with Gasteiger partial charge in [0.2, 0.25) is 5.91 Å². The Kier molecular flexibility index (Phi) is 5.16. The van der Waals surface area contributed by atoms with Crippen molar-refractivity contribution in [1.29, 1.82) is 0 Å². The molecule has 126 valence electrons. The third-order valence-electron chi connectivity index (χ3n) is 4.53. The Hall–Kier alpha value is -2.33. The van der Waals surface area contributed by atoms with Crippen molar-refractivity contribution in [3.05, 3.63) is 59.7 Å². The molecule has 0 unspecified atom stereocenters. The quantitative estimate of drug-likeness (QED) is 0.881. The lowest BCUT2D eigenvalue weighted by atomic mass is 10.1. The first-order valence-corrected chi connectivity index (χ1v) is 8.44. The summed E-state index contributed by atoms with van der Waals surface area (Å²) in [5.74, 6) is 1.10. The zero-order chi connectivity index (χ0) is 16.9. The molecule has 4 heteroatoms. The van der Waals surface area contributed by atoms with Crippen molar-refractivity contribution >= 4 is 11.6 Å². The number of benzene rings is 2. The molecule has 0 radical (unpaired) electrons. The van der Waals surface area contributed by atoms with Gasteiger partial charge in [-0.1, -0.05) is 24.3 Å². The second kappa shape index (κ2) is 7.49. The lowest BCUT2D eigenvalue weighted by Crippen LogP contribution is -2.24. The molecule has 1 saturated heterocycles. The maximum atomic E-state index is 11.9. The molecular formula is C20H24N2O2. The van der Waals surface area contributed by atoms with Gasteiger partial charge in [0.25, 0.3) is 0 Å². The Balaban J connectivity index is 1.64. The van der Waals surface area contributed by atoms with Crippen LogP contribution in [0.1, 0.15) is 36.9 Å². The highest BCUT2D eigenvalue weighted by atomic mass is 16.5. The molecular weight excluding hydrogens is 300 g/mol. The summed E-state index contributed by atoms with van der Waals surface area (Å²) in [6, 6.07) is 16.6. The monoisotopic (exact) mass is 324 g/mol. The van der Waals surface area contributed by atoms with Gasteiger partial charge in [0, 0.05) is 31.2 Å². The molecule has 1 heterocycles. The Morgan fingerprint density at radius 1 is 1.21 bits per heavy atom. The number of carbonyl (C=O) groups is 1. The molecule has 24 heavy (non-hydrogen) atoms. The Morgan fingerprint density at radius 2 is 2.00 bits per heavy atom. The van der Waals surface area contributed by atoms with Crippen LogP contribution in [0.15, 0.2) is 48.5 Å². The molecule has 0 bridgehead atoms. The SMILES string of the molecule is COc1ccc(CN[C@H](C)c2cccc(N3CCCC3=O)c2)cc1. The van der Waals surface area contributed by atoms with Gasteiger partial charge in [0.1, 0.15) is 5.75 Å². The van der Waals surface area contributed by atoms with E-state index in [1.165, 1.54) is 11.1 Å². The highest BCUT2D eigenvalue weighted by molar-refractivity contribution is 5.95. The second-order valence-corrected chi connectivity index (χ2v) is 6.19. The fraction of sp³-hybridized carbons (Fsp3) is 0.350. The number of nitrogens with zero attached hydrogens (tertiary/aromatic N) is 1. The molecule has 0 saturated carbocycles. The number of nitrogens with one attached hydrogen (secondary N) is 1. The third-order valence-corrected chi connectivity index (χ3v) is 4.53. The number of hydrogen-bond acceptors (Lipinski definition) is 3. The molecule has 1 atom stereocenters. The van der Waals surface area contributed by atoms with Crippen LogP contribution in [0, 0.1) is 0 Å². The zero-order valence-corrected chi connectivity index (χ0v) is 14.3. The fourth-order valence-corrected chi connectivity index (χ4v) is 3.02. The van der Waals surface area contributed by atoms with Crippen LogP contribution in [0.3, 0.4) is 0 Å². The minimum Gasteiger partial charge on any atom is -0.497 e. The summed E-state index contributed by atoms with van der Waals surface area (Å²) in [4.78, 5) is 13.8. The van der Waals surface area contributed by atoms with Gasteiger partial charge in [-0.2, -0.15) is 0 Å². The number of carbonyl (C=O) groups excluding carboxylic acids is 1. The molecule has 1 fully saturated rings. The number of rotatable bonds is 6. The molecule has 0 aromatic heterocycles. The van der Waals surface area contributed by atoms with Gasteiger partial charge in [0.05, 0.1) is 7.11 Å². The number of ether oxygens (including phenoxy) is 1. The number of anilines is 1. The molecule has 1 aliphatic rings. The lowest BCUT2D eigenvalue weighted by Gasteiger charge is -2.19. The van der Waals surface area contributed by atoms with E-state index in [-0.39, 0.29) is 11.9 Å². The molecule has 1 aliphatic heterocycles. The van der Waals surface area contributed by atoms with Gasteiger partial charge in [-0.15, -0.1) is 0 Å². The van der Waals surface area contributed by atoms with Crippen molar-refractivity contribution in [3.8, 4) is 5.75 Å². The minimum absolute atomic E-state index is 0.213. The Labute approximate surface area is 143 Å². The van der Waals surface area contributed by atoms with Crippen molar-refractivity contribution in [3.63, 3.8) is 0 Å². The highest BCUT2D eigenvalue weighted by Gasteiger charge is 2.22. The van der Waals surface area contributed by atoms with Crippen molar-refractivity contribution < 1.29 is 9.53 Å². The summed E-state index contributed by atoms with van der Waals surface area (Å²) in [6.07, 6.45) is 1.61. The van der Waals surface area contributed by atoms with Crippen LogP contribution in [0.5, 0.6) is 5.75 Å². The van der Waals surface area contributed by atoms with Gasteiger partial charge in [-0.3, -0.25) is 4.79 Å². The van der Waals surface area contributed by atoms with E-state index in [1.807, 2.05) is 29.2 Å². The van der Waals surface area contributed by atoms with Crippen LogP contribution in [0.2, 0.25) is 0 Å². The maximum Gasteiger partial charge on any atom is 0.227 e. The summed E-state index contributed by atoms with van der Waals surface area (Å²) in [7, 11) is 1.67. The minimum atomic E-state index is 0.213. The third kappa shape index (κ3) is 3.77. The van der Waals surface area contributed by atoms with Crippen molar-refractivity contribution in [1.82, 2.24) is 5.32 Å². The summed E-state index contributed by atoms with van der Waals surface area (Å²) < 4.78 is 5.18. The van der Waals surface area contributed by atoms with Crippen LogP contribution < -0.4 is 15.0 Å². The van der Waals surface area contributed by atoms with E-state index in [9.17, 15) is 4.79 Å². The number of hydrogen-bond donors (Lipinski definition) is 1. The first-order chi connectivity index (χ1) is 11.7. The predicted molar refractivity (Wildman–Crippen MR) is 96.3 cm³/mol.